The quantitative estimate of drug-likeness (QED) is 0.558. The first-order valence-electron chi connectivity index (χ1n) is 7.44. The second-order valence-electron chi connectivity index (χ2n) is 5.54. The maximum atomic E-state index is 12.3. The molecule has 0 bridgehead atoms. The number of nitro groups is 1. The number of hydrogen-bond acceptors (Lipinski definition) is 5. The van der Waals surface area contributed by atoms with Crippen LogP contribution in [0.25, 0.3) is 0 Å². The van der Waals surface area contributed by atoms with Crippen molar-refractivity contribution in [1.82, 2.24) is 0 Å². The molecule has 0 spiro atoms. The van der Waals surface area contributed by atoms with Crippen molar-refractivity contribution in [3.63, 3.8) is 0 Å². The van der Waals surface area contributed by atoms with Crippen molar-refractivity contribution >= 4 is 23.0 Å². The zero-order valence-electron chi connectivity index (χ0n) is 13.4. The van der Waals surface area contributed by atoms with Crippen LogP contribution in [0.3, 0.4) is 0 Å². The molecule has 2 aromatic rings. The summed E-state index contributed by atoms with van der Waals surface area (Å²) in [5.74, 6) is -0.427. The normalized spacial score (nSPS) is 11.6. The number of carbonyl (C=O) groups excluding carboxylic acids is 1. The molecule has 7 heteroatoms. The van der Waals surface area contributed by atoms with E-state index in [1.165, 1.54) is 18.2 Å². The van der Waals surface area contributed by atoms with Gasteiger partial charge in [0.1, 0.15) is 5.69 Å². The number of nitrogens with zero attached hydrogens (tertiary/aromatic N) is 1. The Labute approximate surface area is 139 Å². The van der Waals surface area contributed by atoms with E-state index in [1.807, 2.05) is 19.1 Å². The summed E-state index contributed by atoms with van der Waals surface area (Å²) in [6.45, 7) is 3.47. The van der Waals surface area contributed by atoms with E-state index in [1.54, 1.807) is 19.1 Å². The standard InChI is InChI=1S/C17H19N3O4/c1-11-3-6-14(7-4-11)19-17(22)13-5-8-15(18-12(2)10-21)16(9-13)20(23)24/h3-9,12,18,21H,10H2,1-2H3,(H,19,22). The van der Waals surface area contributed by atoms with Crippen LogP contribution in [0, 0.1) is 17.0 Å². The van der Waals surface area contributed by atoms with Gasteiger partial charge in [-0.2, -0.15) is 0 Å². The fourth-order valence-corrected chi connectivity index (χ4v) is 2.10. The van der Waals surface area contributed by atoms with Gasteiger partial charge in [0.2, 0.25) is 0 Å². The van der Waals surface area contributed by atoms with E-state index < -0.39 is 10.8 Å². The molecule has 0 radical (unpaired) electrons. The zero-order chi connectivity index (χ0) is 17.7. The lowest BCUT2D eigenvalue weighted by molar-refractivity contribution is -0.384. The lowest BCUT2D eigenvalue weighted by Gasteiger charge is -2.13. The molecule has 0 aromatic heterocycles. The van der Waals surface area contributed by atoms with Crippen molar-refractivity contribution in [3.05, 3.63) is 63.7 Å². The third kappa shape index (κ3) is 4.30. The maximum absolute atomic E-state index is 12.3. The van der Waals surface area contributed by atoms with Gasteiger partial charge >= 0.3 is 0 Å². The number of aliphatic hydroxyl groups excluding tert-OH is 1. The van der Waals surface area contributed by atoms with E-state index in [2.05, 4.69) is 10.6 Å². The fourth-order valence-electron chi connectivity index (χ4n) is 2.10. The van der Waals surface area contributed by atoms with Crippen molar-refractivity contribution in [3.8, 4) is 0 Å². The molecule has 126 valence electrons. The van der Waals surface area contributed by atoms with E-state index in [0.717, 1.165) is 5.56 Å². The van der Waals surface area contributed by atoms with Crippen LogP contribution in [0.1, 0.15) is 22.8 Å². The lowest BCUT2D eigenvalue weighted by Crippen LogP contribution is -2.20. The molecule has 0 fully saturated rings. The first-order valence-corrected chi connectivity index (χ1v) is 7.44. The summed E-state index contributed by atoms with van der Waals surface area (Å²) < 4.78 is 0. The minimum Gasteiger partial charge on any atom is -0.394 e. The van der Waals surface area contributed by atoms with Gasteiger partial charge in [-0.1, -0.05) is 17.7 Å². The molecule has 1 amide bonds. The van der Waals surface area contributed by atoms with Gasteiger partial charge in [-0.05, 0) is 38.1 Å². The molecule has 24 heavy (non-hydrogen) atoms. The smallest absolute Gasteiger partial charge is 0.293 e. The third-order valence-electron chi connectivity index (χ3n) is 3.44. The average Bonchev–Trinajstić information content (AvgIpc) is 2.56. The molecular weight excluding hydrogens is 310 g/mol. The zero-order valence-corrected chi connectivity index (χ0v) is 13.4. The molecule has 2 aromatic carbocycles. The molecule has 1 unspecified atom stereocenters. The van der Waals surface area contributed by atoms with Gasteiger partial charge in [-0.3, -0.25) is 14.9 Å². The third-order valence-corrected chi connectivity index (χ3v) is 3.44. The van der Waals surface area contributed by atoms with E-state index in [9.17, 15) is 14.9 Å². The van der Waals surface area contributed by atoms with Crippen LogP contribution in [0.15, 0.2) is 42.5 Å². The molecule has 0 saturated carbocycles. The van der Waals surface area contributed by atoms with Gasteiger partial charge in [0.15, 0.2) is 0 Å². The second kappa shape index (κ2) is 7.56. The van der Waals surface area contributed by atoms with Crippen LogP contribution in [0.2, 0.25) is 0 Å². The number of amides is 1. The number of anilines is 2. The second-order valence-corrected chi connectivity index (χ2v) is 5.54. The first-order chi connectivity index (χ1) is 11.4. The predicted molar refractivity (Wildman–Crippen MR) is 92.4 cm³/mol. The molecule has 3 N–H and O–H groups in total. The summed E-state index contributed by atoms with van der Waals surface area (Å²) in [4.78, 5) is 22.9. The van der Waals surface area contributed by atoms with Crippen LogP contribution in [0.5, 0.6) is 0 Å². The molecule has 0 aliphatic heterocycles. The van der Waals surface area contributed by atoms with Crippen molar-refractivity contribution in [2.24, 2.45) is 0 Å². The van der Waals surface area contributed by atoms with Crippen molar-refractivity contribution in [2.45, 2.75) is 19.9 Å². The number of aliphatic hydroxyl groups is 1. The molecule has 2 rings (SSSR count). The first kappa shape index (κ1) is 17.4. The molecule has 0 aliphatic rings. The summed E-state index contributed by atoms with van der Waals surface area (Å²) in [6.07, 6.45) is 0. The van der Waals surface area contributed by atoms with Crippen LogP contribution < -0.4 is 10.6 Å². The Morgan fingerprint density at radius 1 is 1.25 bits per heavy atom. The van der Waals surface area contributed by atoms with E-state index in [4.69, 9.17) is 5.11 Å². The van der Waals surface area contributed by atoms with Crippen molar-refractivity contribution in [1.29, 1.82) is 0 Å². The Morgan fingerprint density at radius 2 is 1.92 bits per heavy atom. The van der Waals surface area contributed by atoms with Gasteiger partial charge in [0.25, 0.3) is 11.6 Å². The monoisotopic (exact) mass is 329 g/mol. The van der Waals surface area contributed by atoms with E-state index in [0.29, 0.717) is 5.69 Å². The minimum atomic E-state index is -0.560. The SMILES string of the molecule is Cc1ccc(NC(=O)c2ccc(NC(C)CO)c([N+](=O)[O-])c2)cc1. The van der Waals surface area contributed by atoms with Gasteiger partial charge in [-0.15, -0.1) is 0 Å². The highest BCUT2D eigenvalue weighted by Crippen LogP contribution is 2.26. The van der Waals surface area contributed by atoms with Gasteiger partial charge in [0.05, 0.1) is 11.5 Å². The van der Waals surface area contributed by atoms with Crippen LogP contribution in [0.4, 0.5) is 17.1 Å². The fraction of sp³-hybridized carbons (Fsp3) is 0.235. The minimum absolute atomic E-state index is 0.160. The molecule has 0 saturated heterocycles. The molecule has 0 heterocycles. The number of carbonyl (C=O) groups is 1. The summed E-state index contributed by atoms with van der Waals surface area (Å²) >= 11 is 0. The highest BCUT2D eigenvalue weighted by Gasteiger charge is 2.18. The molecular formula is C17H19N3O4. The van der Waals surface area contributed by atoms with E-state index >= 15 is 0 Å². The van der Waals surface area contributed by atoms with Gasteiger partial charge in [-0.25, -0.2) is 0 Å². The van der Waals surface area contributed by atoms with Gasteiger partial charge in [0, 0.05) is 23.4 Å². The molecule has 0 aliphatic carbocycles. The summed E-state index contributed by atoms with van der Waals surface area (Å²) in [7, 11) is 0. The van der Waals surface area contributed by atoms with Crippen LogP contribution in [-0.4, -0.2) is 28.6 Å². The van der Waals surface area contributed by atoms with Crippen LogP contribution >= 0.6 is 0 Å². The summed E-state index contributed by atoms with van der Waals surface area (Å²) in [5.41, 5.74) is 1.91. The lowest BCUT2D eigenvalue weighted by atomic mass is 10.1. The topological polar surface area (TPSA) is 104 Å². The highest BCUT2D eigenvalue weighted by molar-refractivity contribution is 6.05. The van der Waals surface area contributed by atoms with Crippen molar-refractivity contribution < 1.29 is 14.8 Å². The van der Waals surface area contributed by atoms with E-state index in [-0.39, 0.29) is 29.6 Å². The van der Waals surface area contributed by atoms with Crippen molar-refractivity contribution in [2.75, 3.05) is 17.2 Å². The van der Waals surface area contributed by atoms with Crippen LogP contribution in [-0.2, 0) is 0 Å². The number of hydrogen-bond donors (Lipinski definition) is 3. The average molecular weight is 329 g/mol. The Morgan fingerprint density at radius 3 is 2.50 bits per heavy atom. The van der Waals surface area contributed by atoms with Gasteiger partial charge < -0.3 is 15.7 Å². The number of nitro benzene ring substituents is 1. The summed E-state index contributed by atoms with van der Waals surface area (Å²) in [5, 5.41) is 25.8. The highest BCUT2D eigenvalue weighted by atomic mass is 16.6. The Kier molecular flexibility index (Phi) is 5.49. The number of rotatable bonds is 6. The Hall–Kier alpha value is -2.93. The largest absolute Gasteiger partial charge is 0.394 e. The molecule has 1 atom stereocenters. The Bertz CT molecular complexity index is 744. The predicted octanol–water partition coefficient (Wildman–Crippen LogP) is 2.95. The molecule has 7 nitrogen and oxygen atoms in total. The maximum Gasteiger partial charge on any atom is 0.293 e. The Balaban J connectivity index is 2.23. The summed E-state index contributed by atoms with van der Waals surface area (Å²) in [6, 6.07) is 11.1. The number of aryl methyl sites for hydroxylation is 1. The number of benzene rings is 2. The number of nitrogens with one attached hydrogen (secondary N) is 2.